The monoisotopic (exact) mass is 183 g/mol. The lowest BCUT2D eigenvalue weighted by atomic mass is 9.85. The molecule has 0 aliphatic carbocycles. The summed E-state index contributed by atoms with van der Waals surface area (Å²) in [6.45, 7) is 9.37. The first kappa shape index (κ1) is 11.0. The largest absolute Gasteiger partial charge is 0.311 e. The van der Waals surface area contributed by atoms with E-state index in [-0.39, 0.29) is 0 Å². The molecule has 13 heavy (non-hydrogen) atoms. The lowest BCUT2D eigenvalue weighted by molar-refractivity contribution is 0.237. The predicted molar refractivity (Wildman–Crippen MR) is 58.9 cm³/mol. The Morgan fingerprint density at radius 2 is 2.00 bits per heavy atom. The molecule has 1 fully saturated rings. The highest BCUT2D eigenvalue weighted by Crippen LogP contribution is 2.23. The van der Waals surface area contributed by atoms with Gasteiger partial charge in [0.1, 0.15) is 0 Å². The van der Waals surface area contributed by atoms with Gasteiger partial charge in [-0.05, 0) is 38.0 Å². The zero-order valence-electron chi connectivity index (χ0n) is 9.64. The lowest BCUT2D eigenvalue weighted by Crippen LogP contribution is -2.44. The van der Waals surface area contributed by atoms with Crippen molar-refractivity contribution in [3.8, 4) is 0 Å². The highest BCUT2D eigenvalue weighted by molar-refractivity contribution is 4.82. The van der Waals surface area contributed by atoms with Gasteiger partial charge in [-0.15, -0.1) is 0 Å². The molecular formula is C12H25N. The fraction of sp³-hybridized carbons (Fsp3) is 1.00. The molecule has 4 atom stereocenters. The average Bonchev–Trinajstić information content (AvgIpc) is 2.02. The Bertz CT molecular complexity index is 134. The summed E-state index contributed by atoms with van der Waals surface area (Å²) in [6, 6.07) is 1.52. The van der Waals surface area contributed by atoms with Crippen molar-refractivity contribution in [1.29, 1.82) is 0 Å². The van der Waals surface area contributed by atoms with Crippen LogP contribution in [0.2, 0.25) is 0 Å². The van der Waals surface area contributed by atoms with Crippen LogP contribution in [0.1, 0.15) is 53.4 Å². The zero-order chi connectivity index (χ0) is 9.84. The average molecular weight is 183 g/mol. The molecule has 0 bridgehead atoms. The minimum Gasteiger partial charge on any atom is -0.311 e. The van der Waals surface area contributed by atoms with E-state index in [4.69, 9.17) is 0 Å². The summed E-state index contributed by atoms with van der Waals surface area (Å²) in [5, 5.41) is 3.71. The molecule has 1 rings (SSSR count). The molecular weight excluding hydrogens is 158 g/mol. The molecule has 78 valence electrons. The molecule has 0 aromatic rings. The minimum atomic E-state index is 0.734. The van der Waals surface area contributed by atoms with Gasteiger partial charge in [-0.2, -0.15) is 0 Å². The Kier molecular flexibility index (Phi) is 4.24. The summed E-state index contributed by atoms with van der Waals surface area (Å²) in [7, 11) is 0. The van der Waals surface area contributed by atoms with Crippen molar-refractivity contribution >= 4 is 0 Å². The van der Waals surface area contributed by atoms with E-state index in [0.29, 0.717) is 0 Å². The van der Waals surface area contributed by atoms with Crippen molar-refractivity contribution in [2.75, 3.05) is 0 Å². The van der Waals surface area contributed by atoms with Crippen LogP contribution in [0, 0.1) is 11.8 Å². The van der Waals surface area contributed by atoms with Crippen LogP contribution < -0.4 is 5.32 Å². The molecule has 1 aliphatic rings. The molecule has 0 amide bonds. The number of nitrogens with one attached hydrogen (secondary N) is 1. The van der Waals surface area contributed by atoms with Gasteiger partial charge in [-0.3, -0.25) is 0 Å². The summed E-state index contributed by atoms with van der Waals surface area (Å²) >= 11 is 0. The van der Waals surface area contributed by atoms with Crippen molar-refractivity contribution in [3.05, 3.63) is 0 Å². The Labute approximate surface area is 83.3 Å². The predicted octanol–water partition coefficient (Wildman–Crippen LogP) is 3.20. The van der Waals surface area contributed by atoms with Crippen molar-refractivity contribution < 1.29 is 0 Å². The Morgan fingerprint density at radius 3 is 2.54 bits per heavy atom. The third-order valence-electron chi connectivity index (χ3n) is 3.35. The maximum Gasteiger partial charge on any atom is 0.00746 e. The van der Waals surface area contributed by atoms with Gasteiger partial charge in [0.2, 0.25) is 0 Å². The summed E-state index contributed by atoms with van der Waals surface area (Å²) < 4.78 is 0. The van der Waals surface area contributed by atoms with E-state index in [9.17, 15) is 0 Å². The van der Waals surface area contributed by atoms with Crippen LogP contribution in [0.25, 0.3) is 0 Å². The van der Waals surface area contributed by atoms with Crippen LogP contribution in [-0.4, -0.2) is 12.1 Å². The van der Waals surface area contributed by atoms with E-state index in [2.05, 4.69) is 33.0 Å². The molecule has 0 spiro atoms. The van der Waals surface area contributed by atoms with E-state index in [1.165, 1.54) is 25.7 Å². The first-order valence-electron chi connectivity index (χ1n) is 5.87. The number of hydrogen-bond donors (Lipinski definition) is 1. The normalized spacial score (nSPS) is 37.4. The Balaban J connectivity index is 2.32. The molecule has 1 heteroatoms. The molecule has 1 aliphatic heterocycles. The maximum absolute atomic E-state index is 3.71. The van der Waals surface area contributed by atoms with E-state index in [0.717, 1.165) is 23.9 Å². The highest BCUT2D eigenvalue weighted by Gasteiger charge is 2.23. The zero-order valence-corrected chi connectivity index (χ0v) is 9.64. The Morgan fingerprint density at radius 1 is 1.31 bits per heavy atom. The van der Waals surface area contributed by atoms with Gasteiger partial charge in [0.25, 0.3) is 0 Å². The quantitative estimate of drug-likeness (QED) is 0.708. The van der Waals surface area contributed by atoms with Crippen molar-refractivity contribution in [3.63, 3.8) is 0 Å². The van der Waals surface area contributed by atoms with Gasteiger partial charge in [0, 0.05) is 12.1 Å². The standard InChI is InChI=1S/C12H25N/c1-5-9(2)7-12-8-10(3)6-11(4)13-12/h9-13H,5-8H2,1-4H3. The van der Waals surface area contributed by atoms with Gasteiger partial charge >= 0.3 is 0 Å². The third-order valence-corrected chi connectivity index (χ3v) is 3.35. The van der Waals surface area contributed by atoms with E-state index < -0.39 is 0 Å². The van der Waals surface area contributed by atoms with Crippen molar-refractivity contribution in [2.24, 2.45) is 11.8 Å². The molecule has 0 saturated carbocycles. The SMILES string of the molecule is CCC(C)CC1CC(C)CC(C)N1. The van der Waals surface area contributed by atoms with Gasteiger partial charge in [0.05, 0.1) is 0 Å². The van der Waals surface area contributed by atoms with Gasteiger partial charge in [0.15, 0.2) is 0 Å². The summed E-state index contributed by atoms with van der Waals surface area (Å²) in [6.07, 6.45) is 5.43. The molecule has 1 saturated heterocycles. The minimum absolute atomic E-state index is 0.734. The highest BCUT2D eigenvalue weighted by atomic mass is 15.0. The molecule has 0 aromatic heterocycles. The molecule has 0 radical (unpaired) electrons. The summed E-state index contributed by atoms with van der Waals surface area (Å²) in [5.41, 5.74) is 0. The third kappa shape index (κ3) is 3.68. The summed E-state index contributed by atoms with van der Waals surface area (Å²) in [5.74, 6) is 1.81. The first-order valence-corrected chi connectivity index (χ1v) is 5.87. The van der Waals surface area contributed by atoms with E-state index in [1.807, 2.05) is 0 Å². The van der Waals surface area contributed by atoms with Crippen molar-refractivity contribution in [1.82, 2.24) is 5.32 Å². The number of rotatable bonds is 3. The van der Waals surface area contributed by atoms with E-state index in [1.54, 1.807) is 0 Å². The fourth-order valence-electron chi connectivity index (χ4n) is 2.54. The van der Waals surface area contributed by atoms with Gasteiger partial charge in [-0.25, -0.2) is 0 Å². The van der Waals surface area contributed by atoms with Crippen LogP contribution in [-0.2, 0) is 0 Å². The molecule has 1 heterocycles. The van der Waals surface area contributed by atoms with Crippen LogP contribution in [0.15, 0.2) is 0 Å². The van der Waals surface area contributed by atoms with Crippen LogP contribution in [0.3, 0.4) is 0 Å². The second kappa shape index (κ2) is 4.99. The van der Waals surface area contributed by atoms with Crippen molar-refractivity contribution in [2.45, 2.75) is 65.5 Å². The second-order valence-corrected chi connectivity index (χ2v) is 5.09. The molecule has 1 nitrogen and oxygen atoms in total. The van der Waals surface area contributed by atoms with E-state index >= 15 is 0 Å². The van der Waals surface area contributed by atoms with Gasteiger partial charge < -0.3 is 5.32 Å². The topological polar surface area (TPSA) is 12.0 Å². The fourth-order valence-corrected chi connectivity index (χ4v) is 2.54. The lowest BCUT2D eigenvalue weighted by Gasteiger charge is -2.34. The molecule has 4 unspecified atom stereocenters. The molecule has 0 aromatic carbocycles. The summed E-state index contributed by atoms with van der Waals surface area (Å²) in [4.78, 5) is 0. The second-order valence-electron chi connectivity index (χ2n) is 5.09. The molecule has 1 N–H and O–H groups in total. The van der Waals surface area contributed by atoms with Crippen LogP contribution >= 0.6 is 0 Å². The Hall–Kier alpha value is -0.0400. The number of hydrogen-bond acceptors (Lipinski definition) is 1. The maximum atomic E-state index is 3.71. The smallest absolute Gasteiger partial charge is 0.00746 e. The van der Waals surface area contributed by atoms with Gasteiger partial charge in [-0.1, -0.05) is 27.2 Å². The van der Waals surface area contributed by atoms with Crippen LogP contribution in [0.4, 0.5) is 0 Å². The first-order chi connectivity index (χ1) is 6.11. The number of piperidine rings is 1. The van der Waals surface area contributed by atoms with Crippen LogP contribution in [0.5, 0.6) is 0 Å².